The molecule has 1 saturated carbocycles. The van der Waals surface area contributed by atoms with Crippen LogP contribution in [0.5, 0.6) is 11.5 Å². The molecule has 0 spiro atoms. The lowest BCUT2D eigenvalue weighted by molar-refractivity contribution is -0.142. The molecule has 4 aliphatic rings. The van der Waals surface area contributed by atoms with Gasteiger partial charge in [0.1, 0.15) is 5.82 Å². The summed E-state index contributed by atoms with van der Waals surface area (Å²) < 4.78 is 19.1. The second kappa shape index (κ2) is 11.0. The van der Waals surface area contributed by atoms with Crippen LogP contribution < -0.4 is 9.64 Å². The first kappa shape index (κ1) is 31.3. The minimum Gasteiger partial charge on any atom is -0.503 e. The van der Waals surface area contributed by atoms with Crippen LogP contribution in [-0.2, 0) is 24.0 Å². The number of aromatic hydroxyl groups is 1. The highest BCUT2D eigenvalue weighted by Gasteiger charge is 2.76. The fraction of sp³-hybridized carbons (Fsp3) is 0.387. The number of allylic oxidation sites excluding steroid dienone is 2. The van der Waals surface area contributed by atoms with E-state index in [1.807, 2.05) is 0 Å². The van der Waals surface area contributed by atoms with Crippen molar-refractivity contribution in [2.24, 2.45) is 17.8 Å². The van der Waals surface area contributed by atoms with E-state index >= 15 is 0 Å². The number of carbonyl (C=O) groups is 5. The Kier molecular flexibility index (Phi) is 7.65. The van der Waals surface area contributed by atoms with Gasteiger partial charge in [0.15, 0.2) is 21.2 Å². The number of carbonyl (C=O) groups excluding carboxylic acids is 4. The van der Waals surface area contributed by atoms with Crippen molar-refractivity contribution < 1.29 is 43.3 Å². The molecule has 0 aromatic heterocycles. The zero-order valence-corrected chi connectivity index (χ0v) is 25.9. The molecule has 2 aliphatic carbocycles. The molecular formula is C31H26Cl3FN2O8. The number of rotatable bonds is 7. The van der Waals surface area contributed by atoms with Gasteiger partial charge < -0.3 is 14.9 Å². The monoisotopic (exact) mass is 678 g/mol. The maximum Gasteiger partial charge on any atom is 0.303 e. The molecule has 0 bridgehead atoms. The maximum absolute atomic E-state index is 14.4. The van der Waals surface area contributed by atoms with Crippen LogP contribution in [-0.4, -0.2) is 68.1 Å². The predicted octanol–water partition coefficient (Wildman–Crippen LogP) is 4.62. The number of carboxylic acids is 1. The average Bonchev–Trinajstić information content (AvgIpc) is 3.32. The maximum atomic E-state index is 14.4. The normalized spacial score (nSPS) is 30.6. The molecule has 236 valence electrons. The number of phenols is 1. The lowest BCUT2D eigenvalue weighted by Crippen LogP contribution is -2.60. The summed E-state index contributed by atoms with van der Waals surface area (Å²) in [6, 6.07) is 7.44. The van der Waals surface area contributed by atoms with E-state index in [1.54, 1.807) is 6.08 Å². The van der Waals surface area contributed by atoms with Crippen molar-refractivity contribution in [3.63, 3.8) is 0 Å². The first-order chi connectivity index (χ1) is 21.3. The molecule has 2 saturated heterocycles. The number of benzene rings is 2. The van der Waals surface area contributed by atoms with Gasteiger partial charge in [-0.05, 0) is 67.1 Å². The number of phenolic OH excluding ortho intramolecular Hbond substituents is 1. The van der Waals surface area contributed by atoms with Crippen molar-refractivity contribution in [3.8, 4) is 11.5 Å². The third kappa shape index (κ3) is 4.45. The van der Waals surface area contributed by atoms with Gasteiger partial charge in [-0.15, -0.1) is 23.2 Å². The van der Waals surface area contributed by atoms with Crippen LogP contribution in [0.15, 0.2) is 48.0 Å². The van der Waals surface area contributed by atoms with Crippen molar-refractivity contribution in [2.45, 2.75) is 41.3 Å². The molecule has 14 heteroatoms. The van der Waals surface area contributed by atoms with Crippen LogP contribution in [0, 0.1) is 23.6 Å². The van der Waals surface area contributed by atoms with E-state index in [4.69, 9.17) is 44.6 Å². The van der Waals surface area contributed by atoms with Gasteiger partial charge in [0.25, 0.3) is 11.8 Å². The summed E-state index contributed by atoms with van der Waals surface area (Å²) in [5.74, 6) is -8.59. The number of nitrogens with zero attached hydrogens (tertiary/aromatic N) is 2. The van der Waals surface area contributed by atoms with Gasteiger partial charge in [-0.25, -0.2) is 9.29 Å². The molecule has 2 aromatic rings. The number of imide groups is 2. The summed E-state index contributed by atoms with van der Waals surface area (Å²) in [5.41, 5.74) is 0.788. The van der Waals surface area contributed by atoms with Crippen molar-refractivity contribution in [1.82, 2.24) is 4.90 Å². The Morgan fingerprint density at radius 1 is 1.07 bits per heavy atom. The van der Waals surface area contributed by atoms with E-state index in [9.17, 15) is 33.5 Å². The van der Waals surface area contributed by atoms with Crippen molar-refractivity contribution in [2.75, 3.05) is 18.6 Å². The van der Waals surface area contributed by atoms with Gasteiger partial charge in [-0.3, -0.25) is 28.9 Å². The SMILES string of the molecule is COc1cc(C2C3=CCC4C(=O)N(CCCC(=O)O)C(=O)C4C3CC3(Cl)C(=O)N(c4ccc(F)cc4)C(=O)C23Cl)cc(Cl)c1O. The molecule has 45 heavy (non-hydrogen) atoms. The predicted molar refractivity (Wildman–Crippen MR) is 160 cm³/mol. The number of anilines is 1. The number of halogens is 4. The summed E-state index contributed by atoms with van der Waals surface area (Å²) in [6.45, 7) is -0.0888. The topological polar surface area (TPSA) is 142 Å². The zero-order chi connectivity index (χ0) is 32.6. The number of likely N-dealkylation sites (tertiary alicyclic amines) is 1. The minimum absolute atomic E-state index is 0.0347. The van der Waals surface area contributed by atoms with Gasteiger partial charge in [-0.2, -0.15) is 0 Å². The van der Waals surface area contributed by atoms with E-state index < -0.39 is 68.8 Å². The molecular weight excluding hydrogens is 654 g/mol. The minimum atomic E-state index is -2.19. The van der Waals surface area contributed by atoms with Crippen LogP contribution in [0.3, 0.4) is 0 Å². The Morgan fingerprint density at radius 2 is 1.76 bits per heavy atom. The van der Waals surface area contributed by atoms with Gasteiger partial charge in [0, 0.05) is 18.9 Å². The fourth-order valence-corrected chi connectivity index (χ4v) is 8.52. The third-order valence-corrected chi connectivity index (χ3v) is 11.1. The molecule has 6 unspecified atom stereocenters. The van der Waals surface area contributed by atoms with Gasteiger partial charge in [0.2, 0.25) is 11.8 Å². The molecule has 10 nitrogen and oxygen atoms in total. The van der Waals surface area contributed by atoms with Gasteiger partial charge >= 0.3 is 5.97 Å². The quantitative estimate of drug-likeness (QED) is 0.245. The Bertz CT molecular complexity index is 1700. The number of methoxy groups -OCH3 is 1. The largest absolute Gasteiger partial charge is 0.503 e. The third-order valence-electron chi connectivity index (χ3n) is 9.36. The smallest absolute Gasteiger partial charge is 0.303 e. The summed E-state index contributed by atoms with van der Waals surface area (Å²) >= 11 is 21.0. The summed E-state index contributed by atoms with van der Waals surface area (Å²) in [6.07, 6.45) is 1.39. The van der Waals surface area contributed by atoms with Crippen molar-refractivity contribution in [1.29, 1.82) is 0 Å². The fourth-order valence-electron chi connectivity index (χ4n) is 7.36. The van der Waals surface area contributed by atoms with E-state index in [2.05, 4.69) is 0 Å². The molecule has 6 atom stereocenters. The number of alkyl halides is 2. The Hall–Kier alpha value is -3.67. The second-order valence-electron chi connectivity index (χ2n) is 11.6. The molecule has 2 N–H and O–H groups in total. The summed E-state index contributed by atoms with van der Waals surface area (Å²) in [4.78, 5) is 64.5. The highest BCUT2D eigenvalue weighted by atomic mass is 35.5. The number of aliphatic carboxylic acids is 1. The Labute approximate surface area is 271 Å². The van der Waals surface area contributed by atoms with Crippen molar-refractivity contribution in [3.05, 3.63) is 64.5 Å². The molecule has 3 fully saturated rings. The number of ether oxygens (including phenoxy) is 1. The van der Waals surface area contributed by atoms with Crippen molar-refractivity contribution >= 4 is 70.1 Å². The lowest BCUT2D eigenvalue weighted by atomic mass is 9.56. The van der Waals surface area contributed by atoms with E-state index in [0.29, 0.717) is 5.57 Å². The second-order valence-corrected chi connectivity index (χ2v) is 13.3. The number of hydrogen-bond acceptors (Lipinski definition) is 7. The van der Waals surface area contributed by atoms with Crippen LogP contribution in [0.1, 0.15) is 37.2 Å². The zero-order valence-electron chi connectivity index (χ0n) is 23.6. The highest BCUT2D eigenvalue weighted by molar-refractivity contribution is 6.58. The number of carboxylic acid groups (broad SMARTS) is 1. The highest BCUT2D eigenvalue weighted by Crippen LogP contribution is 2.66. The van der Waals surface area contributed by atoms with Crippen LogP contribution in [0.4, 0.5) is 10.1 Å². The Morgan fingerprint density at radius 3 is 2.40 bits per heavy atom. The Balaban J connectivity index is 1.51. The molecule has 0 radical (unpaired) electrons. The first-order valence-electron chi connectivity index (χ1n) is 14.1. The molecule has 4 amide bonds. The van der Waals surface area contributed by atoms with Crippen LogP contribution in [0.25, 0.3) is 0 Å². The number of fused-ring (bicyclic) bond motifs is 4. The molecule has 2 heterocycles. The van der Waals surface area contributed by atoms with Gasteiger partial charge in [-0.1, -0.05) is 23.3 Å². The molecule has 6 rings (SSSR count). The van der Waals surface area contributed by atoms with Crippen LogP contribution >= 0.6 is 34.8 Å². The molecule has 2 aromatic carbocycles. The van der Waals surface area contributed by atoms with E-state index in [-0.39, 0.29) is 60.0 Å². The van der Waals surface area contributed by atoms with E-state index in [1.165, 1.54) is 31.4 Å². The lowest BCUT2D eigenvalue weighted by Gasteiger charge is -2.50. The standard InChI is InChI=1S/C31H26Cl3FN2O8/c1-45-21-12-14(11-20(32)25(21)40)24-17-8-9-18-23(27(42)36(26(18)41)10-2-3-22(38)39)19(17)13-30(33)28(43)37(29(44)31(24,30)34)16-6-4-15(35)5-7-16/h4-8,11-12,18-19,23-24,40H,2-3,9-10,13H2,1H3,(H,38,39). The summed E-state index contributed by atoms with van der Waals surface area (Å²) in [7, 11) is 1.30. The average molecular weight is 680 g/mol. The summed E-state index contributed by atoms with van der Waals surface area (Å²) in [5, 5.41) is 19.4. The van der Waals surface area contributed by atoms with Crippen LogP contribution in [0.2, 0.25) is 5.02 Å². The molecule has 2 aliphatic heterocycles. The van der Waals surface area contributed by atoms with E-state index in [0.717, 1.165) is 21.9 Å². The number of amides is 4. The number of hydrogen-bond donors (Lipinski definition) is 2. The first-order valence-corrected chi connectivity index (χ1v) is 15.2. The van der Waals surface area contributed by atoms with Gasteiger partial charge in [0.05, 0.1) is 29.7 Å².